The normalized spacial score (nSPS) is 11.5. The molecule has 3 rings (SSSR count). The first-order chi connectivity index (χ1) is 12.9. The van der Waals surface area contributed by atoms with Crippen molar-refractivity contribution >= 4 is 22.4 Å². The number of rotatable bonds is 7. The Morgan fingerprint density at radius 2 is 1.93 bits per heavy atom. The lowest BCUT2D eigenvalue weighted by atomic mass is 10.1. The second-order valence-corrected chi connectivity index (χ2v) is 5.71. The molecule has 0 saturated heterocycles. The standard InChI is InChI=1S/C18H16F3N3O3/c19-18(20,21)11-26-12-24-9-15(8-22-24)23-17(25)10-27-16-6-5-13-3-1-2-4-14(13)7-16/h1-9H,10-12H2,(H,23,25). The molecule has 0 spiro atoms. The van der Waals surface area contributed by atoms with E-state index >= 15 is 0 Å². The van der Waals surface area contributed by atoms with Crippen LogP contribution in [0.15, 0.2) is 54.9 Å². The lowest BCUT2D eigenvalue weighted by molar-refractivity contribution is -0.182. The van der Waals surface area contributed by atoms with Crippen molar-refractivity contribution in [1.29, 1.82) is 0 Å². The number of halogens is 3. The van der Waals surface area contributed by atoms with E-state index in [4.69, 9.17) is 4.74 Å². The summed E-state index contributed by atoms with van der Waals surface area (Å²) in [6.07, 6.45) is -1.72. The van der Waals surface area contributed by atoms with Crippen LogP contribution in [0.5, 0.6) is 5.75 Å². The second-order valence-electron chi connectivity index (χ2n) is 5.71. The van der Waals surface area contributed by atoms with Gasteiger partial charge in [-0.2, -0.15) is 18.3 Å². The molecule has 0 aliphatic heterocycles. The number of aromatic nitrogens is 2. The van der Waals surface area contributed by atoms with Crippen LogP contribution in [0.25, 0.3) is 10.8 Å². The quantitative estimate of drug-likeness (QED) is 0.681. The van der Waals surface area contributed by atoms with Gasteiger partial charge in [-0.25, -0.2) is 4.68 Å². The van der Waals surface area contributed by atoms with Crippen LogP contribution in [-0.4, -0.2) is 35.1 Å². The predicted octanol–water partition coefficient (Wildman–Crippen LogP) is 3.59. The van der Waals surface area contributed by atoms with Gasteiger partial charge in [0.1, 0.15) is 19.1 Å². The minimum absolute atomic E-state index is 0.214. The maximum Gasteiger partial charge on any atom is 0.411 e. The van der Waals surface area contributed by atoms with Crippen LogP contribution in [0.3, 0.4) is 0 Å². The number of carbonyl (C=O) groups is 1. The number of carbonyl (C=O) groups excluding carboxylic acids is 1. The van der Waals surface area contributed by atoms with Crippen molar-refractivity contribution in [3.05, 3.63) is 54.9 Å². The first kappa shape index (κ1) is 18.7. The summed E-state index contributed by atoms with van der Waals surface area (Å²) in [6, 6.07) is 13.3. The summed E-state index contributed by atoms with van der Waals surface area (Å²) >= 11 is 0. The molecule has 1 N–H and O–H groups in total. The zero-order valence-electron chi connectivity index (χ0n) is 14.1. The highest BCUT2D eigenvalue weighted by molar-refractivity contribution is 5.91. The summed E-state index contributed by atoms with van der Waals surface area (Å²) in [7, 11) is 0. The van der Waals surface area contributed by atoms with Crippen molar-refractivity contribution in [2.75, 3.05) is 18.5 Å². The third kappa shape index (κ3) is 5.71. The Labute approximate surface area is 152 Å². The number of nitrogens with one attached hydrogen (secondary N) is 1. The molecule has 6 nitrogen and oxygen atoms in total. The highest BCUT2D eigenvalue weighted by atomic mass is 19.4. The van der Waals surface area contributed by atoms with Crippen molar-refractivity contribution in [2.45, 2.75) is 12.9 Å². The number of nitrogens with zero attached hydrogens (tertiary/aromatic N) is 2. The van der Waals surface area contributed by atoms with Crippen LogP contribution >= 0.6 is 0 Å². The molecule has 27 heavy (non-hydrogen) atoms. The molecule has 3 aromatic rings. The van der Waals surface area contributed by atoms with E-state index < -0.39 is 18.7 Å². The van der Waals surface area contributed by atoms with Crippen LogP contribution in [0.4, 0.5) is 18.9 Å². The molecule has 1 heterocycles. The van der Waals surface area contributed by atoms with Gasteiger partial charge in [-0.1, -0.05) is 30.3 Å². The lowest BCUT2D eigenvalue weighted by Gasteiger charge is -2.08. The molecule has 0 atom stereocenters. The van der Waals surface area contributed by atoms with Gasteiger partial charge in [0.2, 0.25) is 0 Å². The van der Waals surface area contributed by atoms with E-state index in [1.54, 1.807) is 6.07 Å². The average Bonchev–Trinajstić information content (AvgIpc) is 3.06. The molecule has 142 valence electrons. The van der Waals surface area contributed by atoms with Crippen LogP contribution in [0.1, 0.15) is 0 Å². The van der Waals surface area contributed by atoms with Gasteiger partial charge in [0.25, 0.3) is 5.91 Å². The Morgan fingerprint density at radius 1 is 1.15 bits per heavy atom. The Morgan fingerprint density at radius 3 is 2.70 bits per heavy atom. The van der Waals surface area contributed by atoms with Gasteiger partial charge in [0.15, 0.2) is 6.61 Å². The maximum atomic E-state index is 12.0. The van der Waals surface area contributed by atoms with E-state index in [1.165, 1.54) is 12.4 Å². The molecule has 0 unspecified atom stereocenters. The van der Waals surface area contributed by atoms with Crippen molar-refractivity contribution < 1.29 is 27.4 Å². The van der Waals surface area contributed by atoms with Gasteiger partial charge in [0, 0.05) is 0 Å². The van der Waals surface area contributed by atoms with Crippen molar-refractivity contribution in [3.8, 4) is 5.75 Å². The molecule has 1 amide bonds. The molecule has 0 aliphatic carbocycles. The highest BCUT2D eigenvalue weighted by Gasteiger charge is 2.27. The Kier molecular flexibility index (Phi) is 5.60. The monoisotopic (exact) mass is 379 g/mol. The second kappa shape index (κ2) is 8.09. The Balaban J connectivity index is 1.47. The fourth-order valence-electron chi connectivity index (χ4n) is 2.36. The van der Waals surface area contributed by atoms with Crippen LogP contribution in [-0.2, 0) is 16.3 Å². The van der Waals surface area contributed by atoms with E-state index in [1.807, 2.05) is 36.4 Å². The zero-order chi connectivity index (χ0) is 19.3. The summed E-state index contributed by atoms with van der Waals surface area (Å²) in [6.45, 7) is -1.95. The number of anilines is 1. The number of hydrogen-bond acceptors (Lipinski definition) is 4. The summed E-state index contributed by atoms with van der Waals surface area (Å²) in [5, 5.41) is 8.42. The summed E-state index contributed by atoms with van der Waals surface area (Å²) in [5.41, 5.74) is 0.331. The average molecular weight is 379 g/mol. The number of amides is 1. The zero-order valence-corrected chi connectivity index (χ0v) is 14.1. The smallest absolute Gasteiger partial charge is 0.411 e. The topological polar surface area (TPSA) is 65.4 Å². The third-order valence-electron chi connectivity index (χ3n) is 3.50. The SMILES string of the molecule is O=C(COc1ccc2ccccc2c1)Nc1cnn(COCC(F)(F)F)c1. The molecule has 2 aromatic carbocycles. The summed E-state index contributed by atoms with van der Waals surface area (Å²) < 4.78 is 47.2. The molecular weight excluding hydrogens is 363 g/mol. The number of alkyl halides is 3. The lowest BCUT2D eigenvalue weighted by Crippen LogP contribution is -2.20. The Hall–Kier alpha value is -3.07. The molecule has 0 saturated carbocycles. The van der Waals surface area contributed by atoms with E-state index in [0.717, 1.165) is 15.5 Å². The minimum Gasteiger partial charge on any atom is -0.484 e. The van der Waals surface area contributed by atoms with Crippen molar-refractivity contribution in [3.63, 3.8) is 0 Å². The van der Waals surface area contributed by atoms with E-state index in [-0.39, 0.29) is 13.3 Å². The van der Waals surface area contributed by atoms with E-state index in [2.05, 4.69) is 15.2 Å². The number of ether oxygens (including phenoxy) is 2. The van der Waals surface area contributed by atoms with Gasteiger partial charge in [0.05, 0.1) is 18.1 Å². The maximum absolute atomic E-state index is 12.0. The van der Waals surface area contributed by atoms with Gasteiger partial charge in [-0.05, 0) is 22.9 Å². The summed E-state index contributed by atoms with van der Waals surface area (Å²) in [4.78, 5) is 12.0. The fourth-order valence-corrected chi connectivity index (χ4v) is 2.36. The molecule has 0 aliphatic rings. The van der Waals surface area contributed by atoms with Gasteiger partial charge in [-0.15, -0.1) is 0 Å². The van der Waals surface area contributed by atoms with Crippen LogP contribution in [0, 0.1) is 0 Å². The van der Waals surface area contributed by atoms with E-state index in [0.29, 0.717) is 11.4 Å². The molecule has 0 bridgehead atoms. The third-order valence-corrected chi connectivity index (χ3v) is 3.50. The Bertz CT molecular complexity index is 925. The summed E-state index contributed by atoms with van der Waals surface area (Å²) in [5.74, 6) is 0.138. The highest BCUT2D eigenvalue weighted by Crippen LogP contribution is 2.20. The number of fused-ring (bicyclic) bond motifs is 1. The first-order valence-corrected chi connectivity index (χ1v) is 7.97. The van der Waals surface area contributed by atoms with Crippen LogP contribution in [0.2, 0.25) is 0 Å². The molecular formula is C18H16F3N3O3. The van der Waals surface area contributed by atoms with Crippen molar-refractivity contribution in [1.82, 2.24) is 9.78 Å². The molecule has 0 fully saturated rings. The first-order valence-electron chi connectivity index (χ1n) is 7.97. The molecule has 9 heteroatoms. The fraction of sp³-hybridized carbons (Fsp3) is 0.222. The predicted molar refractivity (Wildman–Crippen MR) is 92.3 cm³/mol. The van der Waals surface area contributed by atoms with Crippen LogP contribution < -0.4 is 10.1 Å². The number of benzene rings is 2. The number of hydrogen-bond donors (Lipinski definition) is 1. The molecule has 1 aromatic heterocycles. The van der Waals surface area contributed by atoms with Gasteiger partial charge >= 0.3 is 6.18 Å². The molecule has 0 radical (unpaired) electrons. The minimum atomic E-state index is -4.40. The van der Waals surface area contributed by atoms with E-state index in [9.17, 15) is 18.0 Å². The largest absolute Gasteiger partial charge is 0.484 e. The van der Waals surface area contributed by atoms with Crippen molar-refractivity contribution in [2.24, 2.45) is 0 Å². The van der Waals surface area contributed by atoms with Gasteiger partial charge < -0.3 is 14.8 Å². The van der Waals surface area contributed by atoms with Gasteiger partial charge in [-0.3, -0.25) is 4.79 Å².